The van der Waals surface area contributed by atoms with Crippen LogP contribution in [-0.2, 0) is 5.92 Å². The van der Waals surface area contributed by atoms with Gasteiger partial charge in [0.15, 0.2) is 0 Å². The minimum atomic E-state index is -5.59. The Kier molecular flexibility index (Phi) is 2.84. The third-order valence-electron chi connectivity index (χ3n) is 2.39. The second-order valence-electron chi connectivity index (χ2n) is 3.59. The first-order valence-corrected chi connectivity index (χ1v) is 4.86. The fourth-order valence-electron chi connectivity index (χ4n) is 1.42. The van der Waals surface area contributed by atoms with Gasteiger partial charge in [-0.05, 0) is 12.1 Å². The first-order chi connectivity index (χ1) is 8.32. The summed E-state index contributed by atoms with van der Waals surface area (Å²) in [4.78, 5) is 3.74. The van der Waals surface area contributed by atoms with Gasteiger partial charge in [-0.25, -0.2) is 4.98 Å². The van der Waals surface area contributed by atoms with E-state index in [1.165, 1.54) is 29.2 Å². The van der Waals surface area contributed by atoms with Gasteiger partial charge in [0.1, 0.15) is 0 Å². The molecule has 0 aliphatic heterocycles. The second-order valence-corrected chi connectivity index (χ2v) is 3.59. The van der Waals surface area contributed by atoms with Gasteiger partial charge in [-0.3, -0.25) is 0 Å². The molecule has 7 heteroatoms. The molecule has 0 atom stereocenters. The zero-order valence-corrected chi connectivity index (χ0v) is 8.83. The van der Waals surface area contributed by atoms with Gasteiger partial charge in [-0.15, -0.1) is 0 Å². The maximum Gasteiger partial charge on any atom is 0.458 e. The highest BCUT2D eigenvalue weighted by Crippen LogP contribution is 2.43. The predicted molar refractivity (Wildman–Crippen MR) is 53.5 cm³/mol. The van der Waals surface area contributed by atoms with E-state index in [4.69, 9.17) is 0 Å². The molecule has 0 N–H and O–H groups in total. The predicted octanol–water partition coefficient (Wildman–Crippen LogP) is 3.53. The zero-order valence-electron chi connectivity index (χ0n) is 8.83. The molecular weight excluding hydrogens is 255 g/mol. The Morgan fingerprint density at radius 1 is 0.944 bits per heavy atom. The molecule has 0 amide bonds. The molecule has 0 fully saturated rings. The maximum atomic E-state index is 13.0. The molecular formula is C11H7F5N2. The van der Waals surface area contributed by atoms with Gasteiger partial charge in [-0.1, -0.05) is 12.1 Å². The molecule has 1 aromatic carbocycles. The van der Waals surface area contributed by atoms with Crippen LogP contribution in [0.5, 0.6) is 0 Å². The van der Waals surface area contributed by atoms with Gasteiger partial charge in [-0.2, -0.15) is 22.0 Å². The lowest BCUT2D eigenvalue weighted by Crippen LogP contribution is -2.33. The van der Waals surface area contributed by atoms with Crippen LogP contribution in [0.2, 0.25) is 0 Å². The molecule has 2 rings (SSSR count). The van der Waals surface area contributed by atoms with Crippen LogP contribution in [0.3, 0.4) is 0 Å². The molecule has 0 unspecified atom stereocenters. The van der Waals surface area contributed by atoms with E-state index < -0.39 is 17.7 Å². The smallest absolute Gasteiger partial charge is 0.306 e. The van der Waals surface area contributed by atoms with E-state index in [0.29, 0.717) is 5.69 Å². The van der Waals surface area contributed by atoms with Gasteiger partial charge in [0.25, 0.3) is 0 Å². The fraction of sp³-hybridized carbons (Fsp3) is 0.182. The molecule has 1 heterocycles. The highest BCUT2D eigenvalue weighted by Gasteiger charge is 2.58. The number of halogens is 5. The van der Waals surface area contributed by atoms with E-state index in [0.717, 1.165) is 12.1 Å². The summed E-state index contributed by atoms with van der Waals surface area (Å²) in [5, 5.41) is 0. The van der Waals surface area contributed by atoms with E-state index in [2.05, 4.69) is 4.98 Å². The average molecular weight is 262 g/mol. The summed E-state index contributed by atoms with van der Waals surface area (Å²) in [6, 6.07) is 3.86. The van der Waals surface area contributed by atoms with Crippen molar-refractivity contribution < 1.29 is 22.0 Å². The lowest BCUT2D eigenvalue weighted by molar-refractivity contribution is -0.289. The van der Waals surface area contributed by atoms with Crippen molar-refractivity contribution in [3.63, 3.8) is 0 Å². The summed E-state index contributed by atoms with van der Waals surface area (Å²) in [6.45, 7) is 0. The molecule has 0 spiro atoms. The summed E-state index contributed by atoms with van der Waals surface area (Å²) in [5.41, 5.74) is -0.631. The first-order valence-electron chi connectivity index (χ1n) is 4.86. The molecule has 0 bridgehead atoms. The monoisotopic (exact) mass is 262 g/mol. The normalized spacial score (nSPS) is 12.7. The van der Waals surface area contributed by atoms with Gasteiger partial charge >= 0.3 is 12.1 Å². The van der Waals surface area contributed by atoms with Crippen LogP contribution in [-0.4, -0.2) is 15.7 Å². The maximum absolute atomic E-state index is 13.0. The summed E-state index contributed by atoms with van der Waals surface area (Å²) in [5.74, 6) is -4.85. The van der Waals surface area contributed by atoms with E-state index in [9.17, 15) is 22.0 Å². The Morgan fingerprint density at radius 3 is 2.00 bits per heavy atom. The Labute approximate surface area is 98.7 Å². The van der Waals surface area contributed by atoms with Crippen molar-refractivity contribution in [1.29, 1.82) is 0 Å². The van der Waals surface area contributed by atoms with Crippen LogP contribution in [0.25, 0.3) is 5.69 Å². The summed E-state index contributed by atoms with van der Waals surface area (Å²) < 4.78 is 63.9. The third kappa shape index (κ3) is 2.07. The van der Waals surface area contributed by atoms with E-state index in [1.54, 1.807) is 6.20 Å². The van der Waals surface area contributed by atoms with Crippen LogP contribution in [0.4, 0.5) is 22.0 Å². The summed E-state index contributed by atoms with van der Waals surface area (Å²) in [6.07, 6.45) is -1.16. The number of aromatic nitrogens is 2. The number of nitrogens with zero attached hydrogens (tertiary/aromatic N) is 2. The topological polar surface area (TPSA) is 17.8 Å². The average Bonchev–Trinajstić information content (AvgIpc) is 2.81. The van der Waals surface area contributed by atoms with Crippen LogP contribution >= 0.6 is 0 Å². The quantitative estimate of drug-likeness (QED) is 0.757. The van der Waals surface area contributed by atoms with Crippen LogP contribution in [0, 0.1) is 0 Å². The van der Waals surface area contributed by atoms with Crippen molar-refractivity contribution >= 4 is 0 Å². The van der Waals surface area contributed by atoms with Gasteiger partial charge < -0.3 is 4.57 Å². The molecule has 0 saturated carbocycles. The second kappa shape index (κ2) is 4.08. The van der Waals surface area contributed by atoms with Crippen molar-refractivity contribution in [1.82, 2.24) is 9.55 Å². The number of hydrogen-bond donors (Lipinski definition) is 0. The highest BCUT2D eigenvalue weighted by molar-refractivity contribution is 5.36. The zero-order chi connectivity index (χ0) is 13.4. The Hall–Kier alpha value is -1.92. The number of hydrogen-bond acceptors (Lipinski definition) is 1. The molecule has 0 saturated heterocycles. The van der Waals surface area contributed by atoms with Gasteiger partial charge in [0, 0.05) is 23.6 Å². The molecule has 0 radical (unpaired) electrons. The molecule has 1 aromatic heterocycles. The Morgan fingerprint density at radius 2 is 1.56 bits per heavy atom. The number of alkyl halides is 5. The van der Waals surface area contributed by atoms with Crippen molar-refractivity contribution in [3.05, 3.63) is 48.5 Å². The molecule has 18 heavy (non-hydrogen) atoms. The number of rotatable bonds is 2. The van der Waals surface area contributed by atoms with E-state index in [1.807, 2.05) is 0 Å². The highest BCUT2D eigenvalue weighted by atomic mass is 19.4. The first kappa shape index (κ1) is 12.5. The van der Waals surface area contributed by atoms with E-state index in [-0.39, 0.29) is 0 Å². The minimum Gasteiger partial charge on any atom is -0.306 e. The molecule has 96 valence electrons. The summed E-state index contributed by atoms with van der Waals surface area (Å²) >= 11 is 0. The number of imidazole rings is 1. The lowest BCUT2D eigenvalue weighted by atomic mass is 10.1. The van der Waals surface area contributed by atoms with Crippen molar-refractivity contribution in [2.75, 3.05) is 0 Å². The molecule has 2 aromatic rings. The lowest BCUT2D eigenvalue weighted by Gasteiger charge is -2.20. The van der Waals surface area contributed by atoms with Crippen LogP contribution in [0.15, 0.2) is 43.0 Å². The number of benzene rings is 1. The van der Waals surface area contributed by atoms with Gasteiger partial charge in [0.2, 0.25) is 0 Å². The Bertz CT molecular complexity index is 513. The fourth-order valence-corrected chi connectivity index (χ4v) is 1.42. The molecule has 2 nitrogen and oxygen atoms in total. The summed E-state index contributed by atoms with van der Waals surface area (Å²) in [7, 11) is 0. The van der Waals surface area contributed by atoms with Crippen molar-refractivity contribution in [3.8, 4) is 5.69 Å². The van der Waals surface area contributed by atoms with Crippen molar-refractivity contribution in [2.24, 2.45) is 0 Å². The minimum absolute atomic E-state index is 0.453. The SMILES string of the molecule is FC(F)(F)C(F)(F)c1ccc(-n2ccnc2)cc1. The molecule has 0 aliphatic carbocycles. The third-order valence-corrected chi connectivity index (χ3v) is 2.39. The van der Waals surface area contributed by atoms with Gasteiger partial charge in [0.05, 0.1) is 6.33 Å². The van der Waals surface area contributed by atoms with Crippen molar-refractivity contribution in [2.45, 2.75) is 12.1 Å². The van der Waals surface area contributed by atoms with Crippen LogP contribution in [0.1, 0.15) is 5.56 Å². The largest absolute Gasteiger partial charge is 0.458 e. The Balaban J connectivity index is 2.34. The van der Waals surface area contributed by atoms with Crippen LogP contribution < -0.4 is 0 Å². The molecule has 0 aliphatic rings. The standard InChI is InChI=1S/C11H7F5N2/c12-10(13,11(14,15)16)8-1-3-9(4-2-8)18-6-5-17-7-18/h1-7H. The van der Waals surface area contributed by atoms with E-state index >= 15 is 0 Å².